The lowest BCUT2D eigenvalue weighted by molar-refractivity contribution is -0.114. The van der Waals surface area contributed by atoms with Crippen LogP contribution >= 0.6 is 11.3 Å². The summed E-state index contributed by atoms with van der Waals surface area (Å²) >= 11 is 1.56. The Morgan fingerprint density at radius 3 is 3.00 bits per heavy atom. The van der Waals surface area contributed by atoms with E-state index >= 15 is 0 Å². The first kappa shape index (κ1) is 18.9. The summed E-state index contributed by atoms with van der Waals surface area (Å²) in [5.41, 5.74) is 1.36. The minimum absolute atomic E-state index is 0.0693. The van der Waals surface area contributed by atoms with Crippen LogP contribution in [-0.4, -0.2) is 47.0 Å². The van der Waals surface area contributed by atoms with Gasteiger partial charge in [0, 0.05) is 19.7 Å². The molecule has 28 heavy (non-hydrogen) atoms. The molecular formula is C20H24N4O3S. The second kappa shape index (κ2) is 8.28. The molecule has 148 valence electrons. The van der Waals surface area contributed by atoms with Gasteiger partial charge in [0.15, 0.2) is 5.13 Å². The molecule has 1 saturated carbocycles. The quantitative estimate of drug-likeness (QED) is 0.717. The van der Waals surface area contributed by atoms with Crippen molar-refractivity contribution in [2.75, 3.05) is 12.4 Å². The van der Waals surface area contributed by atoms with Crippen LogP contribution in [-0.2, 0) is 4.79 Å². The predicted molar refractivity (Wildman–Crippen MR) is 111 cm³/mol. The van der Waals surface area contributed by atoms with E-state index in [1.54, 1.807) is 24.6 Å². The molecule has 2 heterocycles. The maximum absolute atomic E-state index is 11.8. The lowest BCUT2D eigenvalue weighted by Crippen LogP contribution is -2.36. The molecule has 1 amide bonds. The number of ether oxygens (including phenoxy) is 1. The molecule has 7 nitrogen and oxygen atoms in total. The summed E-state index contributed by atoms with van der Waals surface area (Å²) in [5.74, 6) is 0.546. The van der Waals surface area contributed by atoms with E-state index in [0.717, 1.165) is 46.8 Å². The molecule has 2 aromatic rings. The minimum atomic E-state index is -0.311. The second-order valence-corrected chi connectivity index (χ2v) is 8.14. The van der Waals surface area contributed by atoms with Crippen molar-refractivity contribution in [2.24, 2.45) is 4.99 Å². The summed E-state index contributed by atoms with van der Waals surface area (Å²) in [6.07, 6.45) is 7.38. The predicted octanol–water partition coefficient (Wildman–Crippen LogP) is 2.86. The molecule has 2 aliphatic rings. The monoisotopic (exact) mass is 400 g/mol. The highest BCUT2D eigenvalue weighted by Gasteiger charge is 2.24. The summed E-state index contributed by atoms with van der Waals surface area (Å²) in [4.78, 5) is 20.5. The maximum atomic E-state index is 11.8. The van der Waals surface area contributed by atoms with Gasteiger partial charge < -0.3 is 20.5 Å². The number of aliphatic hydroxyl groups excluding tert-OH is 1. The lowest BCUT2D eigenvalue weighted by atomic mass is 9.93. The van der Waals surface area contributed by atoms with Gasteiger partial charge in [-0.1, -0.05) is 24.2 Å². The highest BCUT2D eigenvalue weighted by Crippen LogP contribution is 2.32. The molecule has 4 rings (SSSR count). The number of nitrogens with zero attached hydrogens (tertiary/aromatic N) is 2. The molecular weight excluding hydrogens is 376 g/mol. The molecule has 1 aliphatic carbocycles. The standard InChI is InChI=1S/C20H24N4O3S/c1-21-19(26)16-10-13(8-9-22-16)27-12-6-7-15-18(11-12)28-20(24-15)23-14-4-2-3-5-17(14)25/h6-9,11,13-14,17,25H,2-5,10H2,1H3,(H,21,26)(H,23,24)/t13?,14-,17-/m1/s1. The van der Waals surface area contributed by atoms with Gasteiger partial charge in [-0.05, 0) is 37.1 Å². The van der Waals surface area contributed by atoms with Crippen molar-refractivity contribution in [3.63, 3.8) is 0 Å². The molecule has 1 aromatic carbocycles. The van der Waals surface area contributed by atoms with E-state index in [1.165, 1.54) is 0 Å². The fourth-order valence-corrected chi connectivity index (χ4v) is 4.53. The van der Waals surface area contributed by atoms with Crippen molar-refractivity contribution in [3.05, 3.63) is 30.5 Å². The third-order valence-electron chi connectivity index (χ3n) is 5.10. The van der Waals surface area contributed by atoms with E-state index in [2.05, 4.69) is 20.6 Å². The number of anilines is 1. The van der Waals surface area contributed by atoms with E-state index in [-0.39, 0.29) is 24.2 Å². The molecule has 1 fully saturated rings. The van der Waals surface area contributed by atoms with Gasteiger partial charge in [-0.25, -0.2) is 4.98 Å². The Kier molecular flexibility index (Phi) is 5.59. The number of fused-ring (bicyclic) bond motifs is 1. The van der Waals surface area contributed by atoms with E-state index < -0.39 is 0 Å². The van der Waals surface area contributed by atoms with Gasteiger partial charge in [0.2, 0.25) is 0 Å². The Hall–Kier alpha value is -2.45. The van der Waals surface area contributed by atoms with Crippen LogP contribution < -0.4 is 15.4 Å². The van der Waals surface area contributed by atoms with E-state index in [0.29, 0.717) is 12.1 Å². The molecule has 1 aliphatic heterocycles. The molecule has 0 spiro atoms. The zero-order chi connectivity index (χ0) is 19.5. The number of benzene rings is 1. The van der Waals surface area contributed by atoms with Crippen molar-refractivity contribution in [3.8, 4) is 5.75 Å². The van der Waals surface area contributed by atoms with Crippen molar-refractivity contribution < 1.29 is 14.6 Å². The van der Waals surface area contributed by atoms with Crippen LogP contribution in [0.2, 0.25) is 0 Å². The highest BCUT2D eigenvalue weighted by molar-refractivity contribution is 7.22. The minimum Gasteiger partial charge on any atom is -0.486 e. The molecule has 3 atom stereocenters. The van der Waals surface area contributed by atoms with Gasteiger partial charge in [0.25, 0.3) is 5.91 Å². The van der Waals surface area contributed by atoms with E-state index in [9.17, 15) is 9.90 Å². The summed E-state index contributed by atoms with van der Waals surface area (Å²) in [5, 5.41) is 17.0. The largest absolute Gasteiger partial charge is 0.486 e. The molecule has 1 aromatic heterocycles. The van der Waals surface area contributed by atoms with Gasteiger partial charge in [-0.3, -0.25) is 9.79 Å². The van der Waals surface area contributed by atoms with E-state index in [1.807, 2.05) is 24.3 Å². The van der Waals surface area contributed by atoms with Gasteiger partial charge >= 0.3 is 0 Å². The molecule has 8 heteroatoms. The number of aromatic nitrogens is 1. The smallest absolute Gasteiger partial charge is 0.265 e. The van der Waals surface area contributed by atoms with Crippen LogP contribution in [0.3, 0.4) is 0 Å². The number of hydrogen-bond acceptors (Lipinski definition) is 7. The molecule has 0 bridgehead atoms. The Labute approximate surface area is 167 Å². The van der Waals surface area contributed by atoms with Gasteiger partial charge in [0.1, 0.15) is 17.6 Å². The number of carbonyl (C=O) groups excluding carboxylic acids is 1. The fraction of sp³-hybridized carbons (Fsp3) is 0.450. The average molecular weight is 401 g/mol. The summed E-state index contributed by atoms with van der Waals surface area (Å²) < 4.78 is 7.05. The number of hydrogen-bond donors (Lipinski definition) is 3. The second-order valence-electron chi connectivity index (χ2n) is 7.11. The third-order valence-corrected chi connectivity index (χ3v) is 6.05. The zero-order valence-electron chi connectivity index (χ0n) is 15.7. The number of aliphatic hydroxyl groups is 1. The number of amides is 1. The fourth-order valence-electron chi connectivity index (χ4n) is 3.57. The lowest BCUT2D eigenvalue weighted by Gasteiger charge is -2.27. The first-order valence-electron chi connectivity index (χ1n) is 9.59. The van der Waals surface area contributed by atoms with Crippen LogP contribution in [0.5, 0.6) is 5.75 Å². The molecule has 1 unspecified atom stereocenters. The number of carbonyl (C=O) groups is 1. The normalized spacial score (nSPS) is 24.6. The van der Waals surface area contributed by atoms with Crippen LogP contribution in [0.25, 0.3) is 10.2 Å². The summed E-state index contributed by atoms with van der Waals surface area (Å²) in [7, 11) is 1.59. The van der Waals surface area contributed by atoms with Crippen LogP contribution in [0.1, 0.15) is 32.1 Å². The highest BCUT2D eigenvalue weighted by atomic mass is 32.1. The Morgan fingerprint density at radius 2 is 2.18 bits per heavy atom. The summed E-state index contributed by atoms with van der Waals surface area (Å²) in [6.45, 7) is 0. The Morgan fingerprint density at radius 1 is 1.32 bits per heavy atom. The SMILES string of the molecule is CNC(=O)C1=NC=CC(Oc2ccc3nc(N[C@@H]4CCCC[C@H]4O)sc3c2)C1. The van der Waals surface area contributed by atoms with Crippen LogP contribution in [0.15, 0.2) is 35.5 Å². The van der Waals surface area contributed by atoms with Crippen molar-refractivity contribution in [1.29, 1.82) is 0 Å². The van der Waals surface area contributed by atoms with Crippen LogP contribution in [0.4, 0.5) is 5.13 Å². The van der Waals surface area contributed by atoms with Crippen molar-refractivity contribution >= 4 is 38.3 Å². The molecule has 3 N–H and O–H groups in total. The number of rotatable bonds is 5. The van der Waals surface area contributed by atoms with Crippen molar-refractivity contribution in [2.45, 2.75) is 50.4 Å². The van der Waals surface area contributed by atoms with Crippen molar-refractivity contribution in [1.82, 2.24) is 10.3 Å². The molecule has 0 radical (unpaired) electrons. The number of nitrogens with one attached hydrogen (secondary N) is 2. The first-order valence-corrected chi connectivity index (χ1v) is 10.4. The average Bonchev–Trinajstić information content (AvgIpc) is 3.11. The van der Waals surface area contributed by atoms with Crippen LogP contribution in [0, 0.1) is 0 Å². The van der Waals surface area contributed by atoms with E-state index in [4.69, 9.17) is 4.74 Å². The van der Waals surface area contributed by atoms with Gasteiger partial charge in [-0.2, -0.15) is 0 Å². The zero-order valence-corrected chi connectivity index (χ0v) is 16.5. The van der Waals surface area contributed by atoms with Gasteiger partial charge in [-0.15, -0.1) is 0 Å². The molecule has 0 saturated heterocycles. The number of aliphatic imine (C=N–C) groups is 1. The Balaban J connectivity index is 1.44. The Bertz CT molecular complexity index is 923. The summed E-state index contributed by atoms with van der Waals surface area (Å²) in [6, 6.07) is 5.86. The van der Waals surface area contributed by atoms with Gasteiger partial charge in [0.05, 0.1) is 22.4 Å². The topological polar surface area (TPSA) is 95.8 Å². The maximum Gasteiger partial charge on any atom is 0.265 e. The first-order chi connectivity index (χ1) is 13.6. The third kappa shape index (κ3) is 4.18. The number of thiazole rings is 1.